The van der Waals surface area contributed by atoms with E-state index in [1.807, 2.05) is 53.4 Å². The van der Waals surface area contributed by atoms with E-state index in [1.165, 1.54) is 5.56 Å². The summed E-state index contributed by atoms with van der Waals surface area (Å²) in [6.45, 7) is 0.519. The van der Waals surface area contributed by atoms with Crippen molar-refractivity contribution in [1.82, 2.24) is 10.2 Å². The van der Waals surface area contributed by atoms with Crippen molar-refractivity contribution >= 4 is 17.6 Å². The van der Waals surface area contributed by atoms with Gasteiger partial charge in [-0.05, 0) is 54.2 Å². The molecule has 158 valence electrons. The highest BCUT2D eigenvalue weighted by Crippen LogP contribution is 2.30. The van der Waals surface area contributed by atoms with Crippen molar-refractivity contribution in [3.8, 4) is 0 Å². The number of nitrogens with zero attached hydrogens (tertiary/aromatic N) is 1. The highest BCUT2D eigenvalue weighted by molar-refractivity contribution is 5.94. The van der Waals surface area contributed by atoms with E-state index in [-0.39, 0.29) is 18.0 Å². The largest absolute Gasteiger partial charge is 0.355 e. The van der Waals surface area contributed by atoms with Gasteiger partial charge in [-0.1, -0.05) is 60.7 Å². The number of urea groups is 1. The maximum atomic E-state index is 13.2. The molecule has 0 radical (unpaired) electrons. The van der Waals surface area contributed by atoms with Crippen LogP contribution in [0.2, 0.25) is 0 Å². The SMILES string of the molecule is CNC(=O)c1ccc(CN(C(=O)Nc2ccccc2Cc2ccccc2)C2CC2)cc1. The van der Waals surface area contributed by atoms with Crippen LogP contribution in [0.1, 0.15) is 39.9 Å². The topological polar surface area (TPSA) is 61.4 Å². The lowest BCUT2D eigenvalue weighted by Crippen LogP contribution is -2.36. The first-order valence-corrected chi connectivity index (χ1v) is 10.6. The zero-order chi connectivity index (χ0) is 21.6. The molecule has 0 heterocycles. The lowest BCUT2D eigenvalue weighted by molar-refractivity contribution is 0.0963. The second kappa shape index (κ2) is 9.47. The summed E-state index contributed by atoms with van der Waals surface area (Å²) >= 11 is 0. The van der Waals surface area contributed by atoms with E-state index in [4.69, 9.17) is 0 Å². The Morgan fingerprint density at radius 2 is 1.55 bits per heavy atom. The number of hydrogen-bond donors (Lipinski definition) is 2. The normalized spacial score (nSPS) is 12.8. The highest BCUT2D eigenvalue weighted by atomic mass is 16.2. The number of amides is 3. The highest BCUT2D eigenvalue weighted by Gasteiger charge is 2.32. The van der Waals surface area contributed by atoms with Crippen LogP contribution in [0.15, 0.2) is 78.9 Å². The molecule has 1 saturated carbocycles. The molecule has 2 N–H and O–H groups in total. The van der Waals surface area contributed by atoms with Gasteiger partial charge in [0.05, 0.1) is 0 Å². The maximum absolute atomic E-state index is 13.2. The molecule has 0 saturated heterocycles. The smallest absolute Gasteiger partial charge is 0.322 e. The fourth-order valence-corrected chi connectivity index (χ4v) is 3.65. The fraction of sp³-hybridized carbons (Fsp3) is 0.231. The summed E-state index contributed by atoms with van der Waals surface area (Å²) in [7, 11) is 1.62. The van der Waals surface area contributed by atoms with Crippen molar-refractivity contribution in [1.29, 1.82) is 0 Å². The first-order chi connectivity index (χ1) is 15.1. The number of rotatable bonds is 7. The minimum absolute atomic E-state index is 0.0848. The summed E-state index contributed by atoms with van der Waals surface area (Å²) in [5, 5.41) is 5.76. The molecule has 0 unspecified atom stereocenters. The van der Waals surface area contributed by atoms with Crippen molar-refractivity contribution < 1.29 is 9.59 Å². The molecule has 3 aromatic carbocycles. The lowest BCUT2D eigenvalue weighted by Gasteiger charge is -2.24. The number of carbonyl (C=O) groups is 2. The molecule has 4 rings (SSSR count). The average Bonchev–Trinajstić information content (AvgIpc) is 3.64. The summed E-state index contributed by atoms with van der Waals surface area (Å²) in [5.74, 6) is -0.113. The van der Waals surface area contributed by atoms with Gasteiger partial charge in [0.2, 0.25) is 0 Å². The van der Waals surface area contributed by atoms with Crippen LogP contribution in [0, 0.1) is 0 Å². The first kappa shape index (κ1) is 20.7. The summed E-state index contributed by atoms with van der Waals surface area (Å²) in [5.41, 5.74) is 4.76. The summed E-state index contributed by atoms with van der Waals surface area (Å²) in [4.78, 5) is 26.8. The molecule has 31 heavy (non-hydrogen) atoms. The van der Waals surface area contributed by atoms with Gasteiger partial charge in [0.15, 0.2) is 0 Å². The summed E-state index contributed by atoms with van der Waals surface area (Å²) < 4.78 is 0. The number of carbonyl (C=O) groups excluding carboxylic acids is 2. The number of benzene rings is 3. The number of para-hydroxylation sites is 1. The van der Waals surface area contributed by atoms with Crippen LogP contribution < -0.4 is 10.6 Å². The molecule has 1 fully saturated rings. The zero-order valence-corrected chi connectivity index (χ0v) is 17.7. The van der Waals surface area contributed by atoms with Gasteiger partial charge in [-0.25, -0.2) is 4.79 Å². The van der Waals surface area contributed by atoms with Crippen molar-refractivity contribution in [2.24, 2.45) is 0 Å². The van der Waals surface area contributed by atoms with Crippen molar-refractivity contribution in [2.45, 2.75) is 31.8 Å². The average molecular weight is 414 g/mol. The lowest BCUT2D eigenvalue weighted by atomic mass is 10.0. The molecular formula is C26H27N3O2. The third-order valence-electron chi connectivity index (χ3n) is 5.54. The second-order valence-electron chi connectivity index (χ2n) is 7.88. The number of anilines is 1. The predicted molar refractivity (Wildman–Crippen MR) is 123 cm³/mol. The van der Waals surface area contributed by atoms with E-state index in [1.54, 1.807) is 19.2 Å². The van der Waals surface area contributed by atoms with Crippen LogP contribution in [0.5, 0.6) is 0 Å². The summed E-state index contributed by atoms with van der Waals surface area (Å²) in [6, 6.07) is 25.8. The van der Waals surface area contributed by atoms with Crippen LogP contribution in [0.25, 0.3) is 0 Å². The van der Waals surface area contributed by atoms with Crippen molar-refractivity contribution in [2.75, 3.05) is 12.4 Å². The molecule has 5 heteroatoms. The van der Waals surface area contributed by atoms with E-state index in [0.29, 0.717) is 12.1 Å². The van der Waals surface area contributed by atoms with Crippen molar-refractivity contribution in [3.63, 3.8) is 0 Å². The maximum Gasteiger partial charge on any atom is 0.322 e. The minimum atomic E-state index is -0.113. The van der Waals surface area contributed by atoms with Crippen LogP contribution in [-0.4, -0.2) is 29.9 Å². The quantitative estimate of drug-likeness (QED) is 0.583. The Morgan fingerprint density at radius 3 is 2.23 bits per heavy atom. The van der Waals surface area contributed by atoms with Gasteiger partial charge in [-0.2, -0.15) is 0 Å². The molecule has 5 nitrogen and oxygen atoms in total. The van der Waals surface area contributed by atoms with Crippen LogP contribution >= 0.6 is 0 Å². The van der Waals surface area contributed by atoms with E-state index in [2.05, 4.69) is 28.8 Å². The molecule has 0 bridgehead atoms. The minimum Gasteiger partial charge on any atom is -0.355 e. The van der Waals surface area contributed by atoms with Gasteiger partial charge in [0, 0.05) is 30.9 Å². The molecular weight excluding hydrogens is 386 g/mol. The van der Waals surface area contributed by atoms with Crippen LogP contribution in [-0.2, 0) is 13.0 Å². The van der Waals surface area contributed by atoms with E-state index < -0.39 is 0 Å². The standard InChI is InChI=1S/C26H27N3O2/c1-27-25(30)21-13-11-20(12-14-21)18-29(23-15-16-23)26(31)28-24-10-6-5-9-22(24)17-19-7-3-2-4-8-19/h2-14,23H,15-18H2,1H3,(H,27,30)(H,28,31). The van der Waals surface area contributed by atoms with Gasteiger partial charge in [0.1, 0.15) is 0 Å². The number of nitrogens with one attached hydrogen (secondary N) is 2. The molecule has 3 aromatic rings. The molecule has 0 spiro atoms. The van der Waals surface area contributed by atoms with Gasteiger partial charge >= 0.3 is 6.03 Å². The van der Waals surface area contributed by atoms with E-state index in [0.717, 1.165) is 36.1 Å². The van der Waals surface area contributed by atoms with Crippen LogP contribution in [0.4, 0.5) is 10.5 Å². The zero-order valence-electron chi connectivity index (χ0n) is 17.7. The van der Waals surface area contributed by atoms with E-state index >= 15 is 0 Å². The van der Waals surface area contributed by atoms with Gasteiger partial charge < -0.3 is 15.5 Å². The summed E-state index contributed by atoms with van der Waals surface area (Å²) in [6.07, 6.45) is 2.81. The Hall–Kier alpha value is -3.60. The van der Waals surface area contributed by atoms with Gasteiger partial charge in [-0.15, -0.1) is 0 Å². The number of hydrogen-bond acceptors (Lipinski definition) is 2. The Bertz CT molecular complexity index is 1040. The third kappa shape index (κ3) is 5.31. The Kier molecular flexibility index (Phi) is 6.32. The van der Waals surface area contributed by atoms with E-state index in [9.17, 15) is 9.59 Å². The predicted octanol–water partition coefficient (Wildman–Crippen LogP) is 4.83. The Labute approximate surface area is 183 Å². The van der Waals surface area contributed by atoms with Crippen LogP contribution in [0.3, 0.4) is 0 Å². The molecule has 1 aliphatic rings. The van der Waals surface area contributed by atoms with Crippen molar-refractivity contribution in [3.05, 3.63) is 101 Å². The monoisotopic (exact) mass is 413 g/mol. The van der Waals surface area contributed by atoms with Gasteiger partial charge in [0.25, 0.3) is 5.91 Å². The molecule has 0 aromatic heterocycles. The van der Waals surface area contributed by atoms with Gasteiger partial charge in [-0.3, -0.25) is 4.79 Å². The molecule has 0 aliphatic heterocycles. The molecule has 1 aliphatic carbocycles. The fourth-order valence-electron chi connectivity index (χ4n) is 3.65. The molecule has 3 amide bonds. The first-order valence-electron chi connectivity index (χ1n) is 10.6. The Balaban J connectivity index is 1.47. The Morgan fingerprint density at radius 1 is 0.871 bits per heavy atom. The molecule has 0 atom stereocenters. The third-order valence-corrected chi connectivity index (χ3v) is 5.54. The second-order valence-corrected chi connectivity index (χ2v) is 7.88.